The molecule has 166 valence electrons. The molecule has 1 aliphatic rings. The van der Waals surface area contributed by atoms with Crippen molar-refractivity contribution < 1.29 is 27.5 Å². The van der Waals surface area contributed by atoms with E-state index >= 15 is 0 Å². The lowest BCUT2D eigenvalue weighted by atomic mass is 10.2. The van der Waals surface area contributed by atoms with Gasteiger partial charge < -0.3 is 14.8 Å². The highest BCUT2D eigenvalue weighted by Gasteiger charge is 2.29. The van der Waals surface area contributed by atoms with E-state index in [1.165, 1.54) is 29.6 Å². The summed E-state index contributed by atoms with van der Waals surface area (Å²) in [4.78, 5) is 24.4. The molecule has 31 heavy (non-hydrogen) atoms. The quantitative estimate of drug-likeness (QED) is 0.656. The smallest absolute Gasteiger partial charge is 0.338 e. The second-order valence-corrected chi connectivity index (χ2v) is 9.08. The molecule has 3 rings (SSSR count). The zero-order valence-corrected chi connectivity index (χ0v) is 18.2. The molecule has 1 saturated heterocycles. The van der Waals surface area contributed by atoms with Crippen molar-refractivity contribution in [3.05, 3.63) is 54.1 Å². The van der Waals surface area contributed by atoms with Gasteiger partial charge in [0.1, 0.15) is 10.6 Å². The molecule has 1 fully saturated rings. The van der Waals surface area contributed by atoms with Crippen LogP contribution in [0.3, 0.4) is 0 Å². The molecule has 0 bridgehead atoms. The van der Waals surface area contributed by atoms with Gasteiger partial charge in [0.05, 0.1) is 12.7 Å². The number of rotatable bonds is 7. The Morgan fingerprint density at radius 1 is 1.00 bits per heavy atom. The van der Waals surface area contributed by atoms with Crippen LogP contribution in [0.25, 0.3) is 0 Å². The lowest BCUT2D eigenvalue weighted by molar-refractivity contribution is -0.119. The van der Waals surface area contributed by atoms with Gasteiger partial charge in [0.25, 0.3) is 5.91 Å². The van der Waals surface area contributed by atoms with E-state index in [-0.39, 0.29) is 16.2 Å². The number of benzene rings is 2. The first-order chi connectivity index (χ1) is 14.9. The third-order valence-corrected chi connectivity index (χ3v) is 6.89. The fourth-order valence-electron chi connectivity index (χ4n) is 3.36. The number of methoxy groups -OCH3 is 1. The van der Waals surface area contributed by atoms with Crippen LogP contribution in [-0.2, 0) is 19.6 Å². The molecular weight excluding hydrogens is 420 g/mol. The van der Waals surface area contributed by atoms with Gasteiger partial charge in [0.2, 0.25) is 10.0 Å². The Kier molecular flexibility index (Phi) is 7.64. The molecule has 0 spiro atoms. The number of ether oxygens (including phenoxy) is 2. The highest BCUT2D eigenvalue weighted by atomic mass is 32.2. The number of carbonyl (C=O) groups excluding carboxylic acids is 2. The second kappa shape index (κ2) is 10.4. The van der Waals surface area contributed by atoms with Crippen LogP contribution in [0.15, 0.2) is 53.4 Å². The van der Waals surface area contributed by atoms with Crippen LogP contribution >= 0.6 is 0 Å². The van der Waals surface area contributed by atoms with Gasteiger partial charge in [-0.3, -0.25) is 4.79 Å². The summed E-state index contributed by atoms with van der Waals surface area (Å²) in [5.74, 6) is -1.13. The van der Waals surface area contributed by atoms with Gasteiger partial charge in [0.15, 0.2) is 6.61 Å². The van der Waals surface area contributed by atoms with Gasteiger partial charge in [0, 0.05) is 18.8 Å². The van der Waals surface area contributed by atoms with E-state index in [0.29, 0.717) is 18.8 Å². The molecule has 1 aliphatic heterocycles. The molecule has 8 nitrogen and oxygen atoms in total. The van der Waals surface area contributed by atoms with Crippen LogP contribution in [0.1, 0.15) is 36.0 Å². The molecule has 1 N–H and O–H groups in total. The Morgan fingerprint density at radius 3 is 2.32 bits per heavy atom. The number of para-hydroxylation sites is 1. The Labute approximate surface area is 182 Å². The zero-order valence-electron chi connectivity index (χ0n) is 17.4. The minimum Gasteiger partial charge on any atom is -0.495 e. The Balaban J connectivity index is 1.73. The molecule has 9 heteroatoms. The molecule has 0 aliphatic carbocycles. The minimum atomic E-state index is -3.83. The van der Waals surface area contributed by atoms with Gasteiger partial charge in [-0.25, -0.2) is 13.2 Å². The maximum atomic E-state index is 13.2. The van der Waals surface area contributed by atoms with E-state index < -0.39 is 28.5 Å². The van der Waals surface area contributed by atoms with Crippen molar-refractivity contribution in [1.82, 2.24) is 4.31 Å². The van der Waals surface area contributed by atoms with Crippen LogP contribution in [0.4, 0.5) is 5.69 Å². The normalized spacial score (nSPS) is 15.0. The monoisotopic (exact) mass is 446 g/mol. The average Bonchev–Trinajstić information content (AvgIpc) is 3.08. The SMILES string of the molecule is COc1ccc(C(=O)OCC(=O)Nc2ccccc2)cc1S(=O)(=O)N1CCCCCC1. The van der Waals surface area contributed by atoms with E-state index in [2.05, 4.69) is 5.32 Å². The maximum absolute atomic E-state index is 13.2. The van der Waals surface area contributed by atoms with Crippen LogP contribution in [0.5, 0.6) is 5.75 Å². The lowest BCUT2D eigenvalue weighted by Crippen LogP contribution is -2.32. The summed E-state index contributed by atoms with van der Waals surface area (Å²) in [5.41, 5.74) is 0.612. The van der Waals surface area contributed by atoms with E-state index in [9.17, 15) is 18.0 Å². The second-order valence-electron chi connectivity index (χ2n) is 7.17. The fraction of sp³-hybridized carbons (Fsp3) is 0.364. The van der Waals surface area contributed by atoms with Crippen molar-refractivity contribution in [2.24, 2.45) is 0 Å². The van der Waals surface area contributed by atoms with Crippen molar-refractivity contribution in [2.75, 3.05) is 32.1 Å². The standard InChI is InChI=1S/C22H26N2O6S/c1-29-19-12-11-17(15-20(19)31(27,28)24-13-7-2-3-8-14-24)22(26)30-16-21(25)23-18-9-5-4-6-10-18/h4-6,9-12,15H,2-3,7-8,13-14,16H2,1H3,(H,23,25). The average molecular weight is 447 g/mol. The zero-order chi connectivity index (χ0) is 22.3. The number of amides is 1. The molecule has 2 aromatic rings. The third-order valence-electron chi connectivity index (χ3n) is 4.97. The van der Waals surface area contributed by atoms with Crippen molar-refractivity contribution in [3.8, 4) is 5.75 Å². The summed E-state index contributed by atoms with van der Waals surface area (Å²) in [7, 11) is -2.46. The van der Waals surface area contributed by atoms with Crippen LogP contribution < -0.4 is 10.1 Å². The topological polar surface area (TPSA) is 102 Å². The van der Waals surface area contributed by atoms with Crippen molar-refractivity contribution >= 4 is 27.6 Å². The Hall–Kier alpha value is -2.91. The van der Waals surface area contributed by atoms with Gasteiger partial charge in [-0.05, 0) is 43.2 Å². The van der Waals surface area contributed by atoms with Gasteiger partial charge in [-0.15, -0.1) is 0 Å². The number of hydrogen-bond donors (Lipinski definition) is 1. The highest BCUT2D eigenvalue weighted by Crippen LogP contribution is 2.29. The van der Waals surface area contributed by atoms with Gasteiger partial charge >= 0.3 is 5.97 Å². The van der Waals surface area contributed by atoms with Gasteiger partial charge in [-0.1, -0.05) is 31.0 Å². The number of sulfonamides is 1. The van der Waals surface area contributed by atoms with E-state index in [1.54, 1.807) is 24.3 Å². The molecule has 0 aromatic heterocycles. The molecule has 0 saturated carbocycles. The largest absolute Gasteiger partial charge is 0.495 e. The van der Waals surface area contributed by atoms with E-state index in [1.807, 2.05) is 6.07 Å². The summed E-state index contributed by atoms with van der Waals surface area (Å²) in [6.45, 7) is 0.369. The summed E-state index contributed by atoms with van der Waals surface area (Å²) in [6.07, 6.45) is 3.56. The van der Waals surface area contributed by atoms with Gasteiger partial charge in [-0.2, -0.15) is 4.31 Å². The van der Waals surface area contributed by atoms with Crippen LogP contribution in [0, 0.1) is 0 Å². The number of nitrogens with one attached hydrogen (secondary N) is 1. The first-order valence-electron chi connectivity index (χ1n) is 10.1. The van der Waals surface area contributed by atoms with Crippen LogP contribution in [-0.4, -0.2) is 51.4 Å². The van der Waals surface area contributed by atoms with E-state index in [4.69, 9.17) is 9.47 Å². The summed E-state index contributed by atoms with van der Waals surface area (Å²) < 4.78 is 38.1. The summed E-state index contributed by atoms with van der Waals surface area (Å²) >= 11 is 0. The number of nitrogens with zero attached hydrogens (tertiary/aromatic N) is 1. The Bertz CT molecular complexity index is 1020. The predicted octanol–water partition coefficient (Wildman–Crippen LogP) is 3.06. The minimum absolute atomic E-state index is 0.0294. The lowest BCUT2D eigenvalue weighted by Gasteiger charge is -2.21. The van der Waals surface area contributed by atoms with Crippen molar-refractivity contribution in [1.29, 1.82) is 0 Å². The highest BCUT2D eigenvalue weighted by molar-refractivity contribution is 7.89. The third kappa shape index (κ3) is 5.83. The maximum Gasteiger partial charge on any atom is 0.338 e. The number of esters is 1. The number of anilines is 1. The summed E-state index contributed by atoms with van der Waals surface area (Å²) in [6, 6.07) is 12.9. The Morgan fingerprint density at radius 2 is 1.68 bits per heavy atom. The predicted molar refractivity (Wildman–Crippen MR) is 116 cm³/mol. The molecule has 1 heterocycles. The molecule has 0 unspecified atom stereocenters. The number of carbonyl (C=O) groups is 2. The van der Waals surface area contributed by atoms with Crippen molar-refractivity contribution in [2.45, 2.75) is 30.6 Å². The number of hydrogen-bond acceptors (Lipinski definition) is 6. The molecule has 0 atom stereocenters. The molecule has 2 aromatic carbocycles. The van der Waals surface area contributed by atoms with Crippen LogP contribution in [0.2, 0.25) is 0 Å². The van der Waals surface area contributed by atoms with Crippen molar-refractivity contribution in [3.63, 3.8) is 0 Å². The molecule has 0 radical (unpaired) electrons. The molecular formula is C22H26N2O6S. The first kappa shape index (κ1) is 22.8. The van der Waals surface area contributed by atoms with E-state index in [0.717, 1.165) is 25.7 Å². The molecule has 1 amide bonds. The summed E-state index contributed by atoms with van der Waals surface area (Å²) in [5, 5.41) is 2.61. The fourth-order valence-corrected chi connectivity index (χ4v) is 5.06. The first-order valence-corrected chi connectivity index (χ1v) is 11.6.